The van der Waals surface area contributed by atoms with Crippen LogP contribution < -0.4 is 19.5 Å². The van der Waals surface area contributed by atoms with E-state index in [4.69, 9.17) is 9.47 Å². The molecule has 0 aliphatic rings. The molecule has 0 saturated carbocycles. The largest absolute Gasteiger partial charge is 0.490 e. The number of anilines is 2. The zero-order valence-electron chi connectivity index (χ0n) is 20.3. The van der Waals surface area contributed by atoms with Gasteiger partial charge in [0.25, 0.3) is 15.9 Å². The molecular formula is C27H26N4O5S. The van der Waals surface area contributed by atoms with E-state index in [0.717, 1.165) is 5.75 Å². The van der Waals surface area contributed by atoms with E-state index in [0.29, 0.717) is 35.0 Å². The van der Waals surface area contributed by atoms with Crippen LogP contribution in [-0.2, 0) is 10.0 Å². The highest BCUT2D eigenvalue weighted by atomic mass is 32.2. The van der Waals surface area contributed by atoms with Gasteiger partial charge >= 0.3 is 0 Å². The van der Waals surface area contributed by atoms with Gasteiger partial charge in [-0.3, -0.25) is 4.79 Å². The Morgan fingerprint density at radius 3 is 2.14 bits per heavy atom. The summed E-state index contributed by atoms with van der Waals surface area (Å²) in [7, 11) is -3.90. The molecule has 0 bridgehead atoms. The maximum Gasteiger partial charge on any atom is 0.264 e. The van der Waals surface area contributed by atoms with E-state index in [1.165, 1.54) is 24.3 Å². The van der Waals surface area contributed by atoms with Gasteiger partial charge in [-0.1, -0.05) is 30.3 Å². The predicted octanol–water partition coefficient (Wildman–Crippen LogP) is 4.60. The van der Waals surface area contributed by atoms with Gasteiger partial charge in [0.2, 0.25) is 5.95 Å². The van der Waals surface area contributed by atoms with Crippen LogP contribution >= 0.6 is 0 Å². The number of carbonyl (C=O) groups is 1. The van der Waals surface area contributed by atoms with Gasteiger partial charge in [0.15, 0.2) is 0 Å². The molecule has 4 aromatic rings. The van der Waals surface area contributed by atoms with Crippen molar-refractivity contribution in [2.75, 3.05) is 23.3 Å². The molecular weight excluding hydrogens is 492 g/mol. The van der Waals surface area contributed by atoms with Crippen LogP contribution in [0.3, 0.4) is 0 Å². The van der Waals surface area contributed by atoms with E-state index in [9.17, 15) is 13.2 Å². The molecule has 190 valence electrons. The number of carbonyl (C=O) groups excluding carboxylic acids is 1. The summed E-state index contributed by atoms with van der Waals surface area (Å²) in [5.41, 5.74) is 2.06. The summed E-state index contributed by atoms with van der Waals surface area (Å²) in [5, 5.41) is 2.77. The van der Waals surface area contributed by atoms with Gasteiger partial charge in [0.05, 0.1) is 10.5 Å². The summed E-state index contributed by atoms with van der Waals surface area (Å²) < 4.78 is 39.2. The zero-order valence-corrected chi connectivity index (χ0v) is 21.2. The van der Waals surface area contributed by atoms with Crippen molar-refractivity contribution in [1.29, 1.82) is 0 Å². The Kier molecular flexibility index (Phi) is 7.99. The van der Waals surface area contributed by atoms with E-state index in [-0.39, 0.29) is 17.5 Å². The van der Waals surface area contributed by atoms with Crippen LogP contribution in [0.5, 0.6) is 11.5 Å². The van der Waals surface area contributed by atoms with Crippen LogP contribution in [-0.4, -0.2) is 37.5 Å². The Hall–Kier alpha value is -4.44. The molecule has 1 heterocycles. The average Bonchev–Trinajstić information content (AvgIpc) is 2.87. The van der Waals surface area contributed by atoms with Crippen LogP contribution in [0.2, 0.25) is 0 Å². The lowest BCUT2D eigenvalue weighted by Crippen LogP contribution is -2.17. The summed E-state index contributed by atoms with van der Waals surface area (Å²) in [6.07, 6.45) is 0. The van der Waals surface area contributed by atoms with E-state index in [1.807, 2.05) is 30.3 Å². The highest BCUT2D eigenvalue weighted by Gasteiger charge is 2.17. The Morgan fingerprint density at radius 2 is 1.43 bits per heavy atom. The Labute approximate surface area is 215 Å². The number of nitrogens with zero attached hydrogens (tertiary/aromatic N) is 2. The number of ether oxygens (including phenoxy) is 2. The first-order chi connectivity index (χ1) is 17.8. The fourth-order valence-corrected chi connectivity index (χ4v) is 4.42. The zero-order chi connectivity index (χ0) is 26.3. The van der Waals surface area contributed by atoms with Gasteiger partial charge < -0.3 is 14.8 Å². The summed E-state index contributed by atoms with van der Waals surface area (Å²) in [6, 6.07) is 23.8. The van der Waals surface area contributed by atoms with Crippen molar-refractivity contribution in [3.8, 4) is 11.5 Å². The summed E-state index contributed by atoms with van der Waals surface area (Å²) in [6.45, 7) is 4.08. The summed E-state index contributed by atoms with van der Waals surface area (Å²) in [5.74, 6) is 0.755. The van der Waals surface area contributed by atoms with Crippen LogP contribution in [0.25, 0.3) is 0 Å². The Bertz CT molecular complexity index is 1460. The van der Waals surface area contributed by atoms with Gasteiger partial charge in [-0.15, -0.1) is 0 Å². The summed E-state index contributed by atoms with van der Waals surface area (Å²) in [4.78, 5) is 21.1. The Morgan fingerprint density at radius 1 is 0.811 bits per heavy atom. The van der Waals surface area contributed by atoms with Gasteiger partial charge in [0.1, 0.15) is 24.7 Å². The Balaban J connectivity index is 1.37. The van der Waals surface area contributed by atoms with Gasteiger partial charge in [-0.05, 0) is 68.4 Å². The highest BCUT2D eigenvalue weighted by molar-refractivity contribution is 7.92. The standard InChI is InChI=1S/C27H26N4O5S/c1-19-18-20(2)29-27(28-19)31-37(33,34)23-14-12-21(13-15-23)30-26(32)24-10-6-7-11-25(24)36-17-16-35-22-8-4-3-5-9-22/h3-15,18H,16-17H2,1-2H3,(H,30,32)(H,28,29,31). The van der Waals surface area contributed by atoms with Crippen LogP contribution in [0, 0.1) is 13.8 Å². The number of nitrogens with one attached hydrogen (secondary N) is 2. The second-order valence-electron chi connectivity index (χ2n) is 8.06. The first-order valence-electron chi connectivity index (χ1n) is 11.5. The van der Waals surface area contributed by atoms with Gasteiger partial charge in [-0.2, -0.15) is 0 Å². The molecule has 3 aromatic carbocycles. The molecule has 37 heavy (non-hydrogen) atoms. The minimum Gasteiger partial charge on any atom is -0.490 e. The van der Waals surface area contributed by atoms with E-state index >= 15 is 0 Å². The number of para-hydroxylation sites is 2. The maximum atomic E-state index is 12.9. The third-order valence-corrected chi connectivity index (χ3v) is 6.46. The normalized spacial score (nSPS) is 11.0. The number of rotatable bonds is 10. The number of hydrogen-bond donors (Lipinski definition) is 2. The molecule has 9 nitrogen and oxygen atoms in total. The molecule has 0 saturated heterocycles. The lowest BCUT2D eigenvalue weighted by Gasteiger charge is -2.13. The lowest BCUT2D eigenvalue weighted by molar-refractivity contribution is 0.102. The van der Waals surface area contributed by atoms with Crippen molar-refractivity contribution < 1.29 is 22.7 Å². The molecule has 0 spiro atoms. The molecule has 0 radical (unpaired) electrons. The first-order valence-corrected chi connectivity index (χ1v) is 12.9. The van der Waals surface area contributed by atoms with E-state index in [1.54, 1.807) is 44.2 Å². The molecule has 2 N–H and O–H groups in total. The summed E-state index contributed by atoms with van der Waals surface area (Å²) >= 11 is 0. The lowest BCUT2D eigenvalue weighted by atomic mass is 10.2. The molecule has 4 rings (SSSR count). The first kappa shape index (κ1) is 25.6. The van der Waals surface area contributed by atoms with Crippen molar-refractivity contribution in [2.45, 2.75) is 18.7 Å². The number of hydrogen-bond acceptors (Lipinski definition) is 7. The molecule has 0 aliphatic carbocycles. The highest BCUT2D eigenvalue weighted by Crippen LogP contribution is 2.22. The molecule has 0 atom stereocenters. The second-order valence-corrected chi connectivity index (χ2v) is 9.75. The van der Waals surface area contributed by atoms with E-state index < -0.39 is 15.9 Å². The topological polar surface area (TPSA) is 120 Å². The number of benzene rings is 3. The van der Waals surface area contributed by atoms with Gasteiger partial charge in [-0.25, -0.2) is 23.1 Å². The number of amides is 1. The fraction of sp³-hybridized carbons (Fsp3) is 0.148. The van der Waals surface area contributed by atoms with Crippen LogP contribution in [0.4, 0.5) is 11.6 Å². The molecule has 1 amide bonds. The number of aromatic nitrogens is 2. The van der Waals surface area contributed by atoms with E-state index in [2.05, 4.69) is 20.0 Å². The molecule has 0 fully saturated rings. The third-order valence-electron chi connectivity index (χ3n) is 5.11. The minimum absolute atomic E-state index is 0.000606. The number of sulfonamides is 1. The monoisotopic (exact) mass is 518 g/mol. The fourth-order valence-electron chi connectivity index (χ4n) is 3.47. The number of aryl methyl sites for hydroxylation is 2. The van der Waals surface area contributed by atoms with Crippen molar-refractivity contribution in [3.05, 3.63) is 102 Å². The van der Waals surface area contributed by atoms with Crippen molar-refractivity contribution in [2.24, 2.45) is 0 Å². The minimum atomic E-state index is -3.90. The average molecular weight is 519 g/mol. The quantitative estimate of drug-likeness (QED) is 0.294. The SMILES string of the molecule is Cc1cc(C)nc(NS(=O)(=O)c2ccc(NC(=O)c3ccccc3OCCOc3ccccc3)cc2)n1. The molecule has 10 heteroatoms. The smallest absolute Gasteiger partial charge is 0.264 e. The van der Waals surface area contributed by atoms with Crippen LogP contribution in [0.15, 0.2) is 89.8 Å². The van der Waals surface area contributed by atoms with Crippen molar-refractivity contribution in [1.82, 2.24) is 9.97 Å². The maximum absolute atomic E-state index is 12.9. The van der Waals surface area contributed by atoms with Crippen molar-refractivity contribution in [3.63, 3.8) is 0 Å². The van der Waals surface area contributed by atoms with Crippen LogP contribution in [0.1, 0.15) is 21.7 Å². The second kappa shape index (κ2) is 11.5. The molecule has 0 unspecified atom stereocenters. The van der Waals surface area contributed by atoms with Gasteiger partial charge in [0, 0.05) is 17.1 Å². The molecule has 0 aliphatic heterocycles. The third kappa shape index (κ3) is 7.05. The van der Waals surface area contributed by atoms with Crippen molar-refractivity contribution >= 4 is 27.6 Å². The molecule has 1 aromatic heterocycles. The predicted molar refractivity (Wildman–Crippen MR) is 141 cm³/mol.